The number of hydrogen-bond donors (Lipinski definition) is 3. The average Bonchev–Trinajstić information content (AvgIpc) is 2.64. The van der Waals surface area contributed by atoms with E-state index >= 15 is 0 Å². The van der Waals surface area contributed by atoms with E-state index in [0.29, 0.717) is 5.75 Å². The predicted molar refractivity (Wildman–Crippen MR) is 103 cm³/mol. The maximum atomic E-state index is 11.7. The molecule has 0 bridgehead atoms. The Bertz CT molecular complexity index is 790. The van der Waals surface area contributed by atoms with E-state index in [9.17, 15) is 24.6 Å². The van der Waals surface area contributed by atoms with Gasteiger partial charge < -0.3 is 20.1 Å². The Morgan fingerprint density at radius 2 is 1.64 bits per heavy atom. The molecule has 0 aliphatic heterocycles. The second-order valence-electron chi connectivity index (χ2n) is 6.26. The summed E-state index contributed by atoms with van der Waals surface area (Å²) < 4.78 is 5.56. The smallest absolute Gasteiger partial charge is 0.331 e. The Hall–Kier alpha value is -3.35. The van der Waals surface area contributed by atoms with Crippen molar-refractivity contribution in [3.8, 4) is 5.75 Å². The van der Waals surface area contributed by atoms with Gasteiger partial charge in [-0.2, -0.15) is 0 Å². The van der Waals surface area contributed by atoms with Crippen LogP contribution in [0.1, 0.15) is 20.3 Å². The lowest BCUT2D eigenvalue weighted by atomic mass is 9.89. The van der Waals surface area contributed by atoms with E-state index in [0.717, 1.165) is 0 Å². The number of rotatable bonds is 11. The summed E-state index contributed by atoms with van der Waals surface area (Å²) >= 11 is 0. The minimum atomic E-state index is -1.26. The molecule has 28 heavy (non-hydrogen) atoms. The standard InChI is InChI=1S/C21H24O7/c1-13(11-14(2)19(22)23)18(21(26)27)12-16(15(3)20(24)25)9-10-28-17-7-5-4-6-8-17/h4-8,11-13,16H,3,9-10H2,1-2H3,(H,22,23)(H,24,25)(H,26,27). The highest BCUT2D eigenvalue weighted by molar-refractivity contribution is 5.91. The molecule has 7 heteroatoms. The molecule has 1 aromatic rings. The van der Waals surface area contributed by atoms with E-state index in [1.807, 2.05) is 6.07 Å². The van der Waals surface area contributed by atoms with E-state index in [1.165, 1.54) is 26.0 Å². The largest absolute Gasteiger partial charge is 0.494 e. The number of benzene rings is 1. The van der Waals surface area contributed by atoms with Gasteiger partial charge in [0.25, 0.3) is 0 Å². The monoisotopic (exact) mass is 388 g/mol. The van der Waals surface area contributed by atoms with Crippen molar-refractivity contribution in [1.29, 1.82) is 0 Å². The molecular formula is C21H24O7. The van der Waals surface area contributed by atoms with E-state index in [-0.39, 0.29) is 29.7 Å². The third-order valence-electron chi connectivity index (χ3n) is 4.12. The minimum absolute atomic E-state index is 0.000622. The maximum Gasteiger partial charge on any atom is 0.331 e. The van der Waals surface area contributed by atoms with Crippen molar-refractivity contribution in [1.82, 2.24) is 0 Å². The first-order chi connectivity index (χ1) is 13.1. The second kappa shape index (κ2) is 10.7. The molecule has 0 aliphatic carbocycles. The van der Waals surface area contributed by atoms with Crippen LogP contribution in [0, 0.1) is 11.8 Å². The van der Waals surface area contributed by atoms with Gasteiger partial charge in [-0.05, 0) is 25.5 Å². The highest BCUT2D eigenvalue weighted by atomic mass is 16.5. The van der Waals surface area contributed by atoms with Crippen LogP contribution in [-0.4, -0.2) is 39.8 Å². The summed E-state index contributed by atoms with van der Waals surface area (Å²) in [6.07, 6.45) is 2.82. The molecule has 3 N–H and O–H groups in total. The second-order valence-corrected chi connectivity index (χ2v) is 6.26. The van der Waals surface area contributed by atoms with E-state index < -0.39 is 29.7 Å². The summed E-state index contributed by atoms with van der Waals surface area (Å²) in [4.78, 5) is 34.0. The fraction of sp³-hybridized carbons (Fsp3) is 0.286. The van der Waals surface area contributed by atoms with Gasteiger partial charge in [-0.3, -0.25) is 0 Å². The molecule has 0 radical (unpaired) electrons. The van der Waals surface area contributed by atoms with Gasteiger partial charge in [0.05, 0.1) is 6.61 Å². The van der Waals surface area contributed by atoms with Gasteiger partial charge in [0.2, 0.25) is 0 Å². The molecule has 1 rings (SSSR count). The van der Waals surface area contributed by atoms with Crippen molar-refractivity contribution in [2.45, 2.75) is 20.3 Å². The summed E-state index contributed by atoms with van der Waals surface area (Å²) in [5.74, 6) is -4.55. The Morgan fingerprint density at radius 1 is 1.04 bits per heavy atom. The zero-order valence-electron chi connectivity index (χ0n) is 15.8. The molecule has 150 valence electrons. The summed E-state index contributed by atoms with van der Waals surface area (Å²) in [6, 6.07) is 8.93. The number of aliphatic carboxylic acids is 3. The zero-order chi connectivity index (χ0) is 21.3. The molecule has 0 saturated heterocycles. The van der Waals surface area contributed by atoms with Crippen molar-refractivity contribution < 1.29 is 34.4 Å². The summed E-state index contributed by atoms with van der Waals surface area (Å²) in [6.45, 7) is 6.59. The number of carbonyl (C=O) groups is 3. The molecule has 0 heterocycles. The minimum Gasteiger partial charge on any atom is -0.494 e. The molecular weight excluding hydrogens is 364 g/mol. The maximum absolute atomic E-state index is 11.7. The van der Waals surface area contributed by atoms with Crippen LogP contribution < -0.4 is 4.74 Å². The van der Waals surface area contributed by atoms with Crippen molar-refractivity contribution in [2.24, 2.45) is 11.8 Å². The molecule has 0 saturated carbocycles. The third kappa shape index (κ3) is 7.11. The first-order valence-corrected chi connectivity index (χ1v) is 8.60. The van der Waals surface area contributed by atoms with E-state index in [1.54, 1.807) is 24.3 Å². The highest BCUT2D eigenvalue weighted by Gasteiger charge is 2.22. The Labute approximate surface area is 163 Å². The number of ether oxygens (including phenoxy) is 1. The Balaban J connectivity index is 3.06. The van der Waals surface area contributed by atoms with Crippen LogP contribution in [0.4, 0.5) is 0 Å². The van der Waals surface area contributed by atoms with Crippen molar-refractivity contribution >= 4 is 17.9 Å². The van der Waals surface area contributed by atoms with Crippen LogP contribution >= 0.6 is 0 Å². The normalized spacial score (nSPS) is 14.1. The van der Waals surface area contributed by atoms with Gasteiger partial charge in [-0.25, -0.2) is 14.4 Å². The molecule has 0 fully saturated rings. The molecule has 0 spiro atoms. The number of carboxylic acids is 3. The molecule has 7 nitrogen and oxygen atoms in total. The fourth-order valence-electron chi connectivity index (χ4n) is 2.51. The molecule has 1 aromatic carbocycles. The van der Waals surface area contributed by atoms with E-state index in [2.05, 4.69) is 6.58 Å². The summed E-state index contributed by atoms with van der Waals surface area (Å²) in [5, 5.41) is 27.8. The van der Waals surface area contributed by atoms with Gasteiger partial charge in [-0.1, -0.05) is 43.9 Å². The van der Waals surface area contributed by atoms with Gasteiger partial charge in [0, 0.05) is 28.6 Å². The van der Waals surface area contributed by atoms with Crippen LogP contribution in [0.3, 0.4) is 0 Å². The third-order valence-corrected chi connectivity index (χ3v) is 4.12. The van der Waals surface area contributed by atoms with Crippen molar-refractivity contribution in [3.05, 3.63) is 65.8 Å². The Kier molecular flexibility index (Phi) is 8.68. The van der Waals surface area contributed by atoms with Crippen LogP contribution in [0.25, 0.3) is 0 Å². The van der Waals surface area contributed by atoms with Crippen LogP contribution in [-0.2, 0) is 14.4 Å². The SMILES string of the molecule is C=C(C(=O)O)C(C=C(C(=O)O)C(C)C=C(C)C(=O)O)CCOc1ccccc1. The quantitative estimate of drug-likeness (QED) is 0.497. The van der Waals surface area contributed by atoms with Crippen LogP contribution in [0.5, 0.6) is 5.75 Å². The van der Waals surface area contributed by atoms with Crippen LogP contribution in [0.2, 0.25) is 0 Å². The lowest BCUT2D eigenvalue weighted by molar-refractivity contribution is -0.134. The van der Waals surface area contributed by atoms with Gasteiger partial charge in [0.1, 0.15) is 5.75 Å². The molecule has 0 aliphatic rings. The zero-order valence-corrected chi connectivity index (χ0v) is 15.8. The highest BCUT2D eigenvalue weighted by Crippen LogP contribution is 2.24. The first-order valence-electron chi connectivity index (χ1n) is 8.60. The van der Waals surface area contributed by atoms with Crippen molar-refractivity contribution in [3.63, 3.8) is 0 Å². The molecule has 2 unspecified atom stereocenters. The molecule has 0 aromatic heterocycles. The topological polar surface area (TPSA) is 121 Å². The lowest BCUT2D eigenvalue weighted by Crippen LogP contribution is -2.17. The van der Waals surface area contributed by atoms with Crippen LogP contribution in [0.15, 0.2) is 65.8 Å². The van der Waals surface area contributed by atoms with Gasteiger partial charge in [0.15, 0.2) is 0 Å². The fourth-order valence-corrected chi connectivity index (χ4v) is 2.51. The molecule has 0 amide bonds. The number of para-hydroxylation sites is 1. The number of hydrogen-bond acceptors (Lipinski definition) is 4. The van der Waals surface area contributed by atoms with E-state index in [4.69, 9.17) is 9.84 Å². The van der Waals surface area contributed by atoms with Crippen molar-refractivity contribution in [2.75, 3.05) is 6.61 Å². The Morgan fingerprint density at radius 3 is 2.14 bits per heavy atom. The van der Waals surface area contributed by atoms with Gasteiger partial charge in [-0.15, -0.1) is 0 Å². The molecule has 2 atom stereocenters. The number of carboxylic acid groups (broad SMARTS) is 3. The first kappa shape index (κ1) is 22.7. The summed E-state index contributed by atoms with van der Waals surface area (Å²) in [5.41, 5.74) is -0.269. The predicted octanol–water partition coefficient (Wildman–Crippen LogP) is 3.39. The number of allylic oxidation sites excluding steroid dienone is 2. The summed E-state index contributed by atoms with van der Waals surface area (Å²) in [7, 11) is 0. The van der Waals surface area contributed by atoms with Gasteiger partial charge >= 0.3 is 17.9 Å². The lowest BCUT2D eigenvalue weighted by Gasteiger charge is -2.17. The average molecular weight is 388 g/mol.